The van der Waals surface area contributed by atoms with Gasteiger partial charge in [-0.3, -0.25) is 0 Å². The van der Waals surface area contributed by atoms with Gasteiger partial charge in [0.05, 0.1) is 0 Å². The van der Waals surface area contributed by atoms with Gasteiger partial charge in [-0.1, -0.05) is 141 Å². The predicted molar refractivity (Wildman–Crippen MR) is 165 cm³/mol. The zero-order valence-electron chi connectivity index (χ0n) is 21.2. The first kappa shape index (κ1) is 24.0. The highest BCUT2D eigenvalue weighted by molar-refractivity contribution is 6.12. The molecule has 0 aliphatic heterocycles. The lowest BCUT2D eigenvalue weighted by Gasteiger charge is -2.20. The van der Waals surface area contributed by atoms with E-state index in [1.54, 1.807) is 0 Å². The highest BCUT2D eigenvalue weighted by atomic mass is 14.2. The van der Waals surface area contributed by atoms with Crippen molar-refractivity contribution in [1.29, 1.82) is 0 Å². The molecule has 0 aliphatic rings. The Balaban J connectivity index is 1.78. The third-order valence-corrected chi connectivity index (χ3v) is 6.89. The molecule has 0 amide bonds. The summed E-state index contributed by atoms with van der Waals surface area (Å²) < 4.78 is 0. The second-order valence-corrected chi connectivity index (χ2v) is 9.03. The molecular formula is C37H30. The van der Waals surface area contributed by atoms with Crippen molar-refractivity contribution in [2.75, 3.05) is 0 Å². The van der Waals surface area contributed by atoms with Crippen LogP contribution in [0.3, 0.4) is 0 Å². The first-order chi connectivity index (χ1) is 18.2. The summed E-state index contributed by atoms with van der Waals surface area (Å²) in [6, 6.07) is 32.6. The van der Waals surface area contributed by atoms with Crippen LogP contribution in [0.25, 0.3) is 61.5 Å². The van der Waals surface area contributed by atoms with E-state index >= 15 is 0 Å². The van der Waals surface area contributed by atoms with Gasteiger partial charge in [0, 0.05) is 0 Å². The topological polar surface area (TPSA) is 0 Å². The molecule has 0 fully saturated rings. The second kappa shape index (κ2) is 10.5. The molecule has 178 valence electrons. The van der Waals surface area contributed by atoms with Crippen molar-refractivity contribution in [3.63, 3.8) is 0 Å². The van der Waals surface area contributed by atoms with Gasteiger partial charge in [0.2, 0.25) is 0 Å². The number of rotatable bonds is 7. The van der Waals surface area contributed by atoms with Gasteiger partial charge in [-0.2, -0.15) is 0 Å². The molecule has 0 spiro atoms. The van der Waals surface area contributed by atoms with Gasteiger partial charge < -0.3 is 0 Å². The van der Waals surface area contributed by atoms with E-state index in [1.807, 2.05) is 31.2 Å². The molecule has 5 rings (SSSR count). The molecule has 0 unspecified atom stereocenters. The zero-order chi connectivity index (χ0) is 25.8. The lowest BCUT2D eigenvalue weighted by molar-refractivity contribution is 1.56. The van der Waals surface area contributed by atoms with E-state index in [1.165, 1.54) is 38.2 Å². The van der Waals surface area contributed by atoms with Crippen LogP contribution in [-0.4, -0.2) is 0 Å². The molecule has 0 saturated carbocycles. The number of benzene rings is 5. The largest absolute Gasteiger partial charge is 0.0990 e. The third kappa shape index (κ3) is 4.39. The molecule has 0 aliphatic carbocycles. The fourth-order valence-electron chi connectivity index (χ4n) is 5.25. The Hall–Kier alpha value is -4.68. The van der Waals surface area contributed by atoms with Crippen LogP contribution in [0.2, 0.25) is 0 Å². The van der Waals surface area contributed by atoms with Gasteiger partial charge >= 0.3 is 0 Å². The van der Waals surface area contributed by atoms with E-state index in [2.05, 4.69) is 123 Å². The van der Waals surface area contributed by atoms with Crippen LogP contribution in [0.1, 0.15) is 23.6 Å². The van der Waals surface area contributed by atoms with Crippen LogP contribution in [-0.2, 0) is 0 Å². The minimum atomic E-state index is 1.10. The molecule has 0 radical (unpaired) electrons. The Morgan fingerprint density at radius 1 is 0.622 bits per heavy atom. The van der Waals surface area contributed by atoms with E-state index in [0.717, 1.165) is 27.8 Å². The smallest absolute Gasteiger partial charge is 0.00264 e. The van der Waals surface area contributed by atoms with Gasteiger partial charge in [-0.25, -0.2) is 0 Å². The van der Waals surface area contributed by atoms with E-state index in [-0.39, 0.29) is 0 Å². The maximum absolute atomic E-state index is 4.24. The molecule has 0 saturated heterocycles. The summed E-state index contributed by atoms with van der Waals surface area (Å²) in [6.07, 6.45) is 12.0. The van der Waals surface area contributed by atoms with Crippen molar-refractivity contribution in [1.82, 2.24) is 0 Å². The number of hydrogen-bond acceptors (Lipinski definition) is 0. The van der Waals surface area contributed by atoms with Gasteiger partial charge in [0.1, 0.15) is 0 Å². The summed E-state index contributed by atoms with van der Waals surface area (Å²) in [5, 5.41) is 4.87. The Labute approximate surface area is 219 Å². The van der Waals surface area contributed by atoms with Crippen LogP contribution in [0.5, 0.6) is 0 Å². The molecule has 0 bridgehead atoms. The normalized spacial score (nSPS) is 11.8. The maximum atomic E-state index is 4.24. The second-order valence-electron chi connectivity index (χ2n) is 9.03. The minimum Gasteiger partial charge on any atom is -0.0990 e. The summed E-state index contributed by atoms with van der Waals surface area (Å²) in [6.45, 7) is 14.4. The molecule has 37 heavy (non-hydrogen) atoms. The third-order valence-electron chi connectivity index (χ3n) is 6.89. The van der Waals surface area contributed by atoms with Crippen LogP contribution in [0.15, 0.2) is 135 Å². The van der Waals surface area contributed by atoms with E-state index < -0.39 is 0 Å². The van der Waals surface area contributed by atoms with Gasteiger partial charge in [-0.05, 0) is 79.1 Å². The number of allylic oxidation sites excluding steroid dienone is 5. The van der Waals surface area contributed by atoms with Crippen molar-refractivity contribution in [2.24, 2.45) is 0 Å². The summed E-state index contributed by atoms with van der Waals surface area (Å²) >= 11 is 0. The summed E-state index contributed by atoms with van der Waals surface area (Å²) in [7, 11) is 0. The van der Waals surface area contributed by atoms with E-state index in [9.17, 15) is 0 Å². The quantitative estimate of drug-likeness (QED) is 0.206. The van der Waals surface area contributed by atoms with Crippen LogP contribution in [0, 0.1) is 0 Å². The zero-order valence-corrected chi connectivity index (χ0v) is 21.2. The highest BCUT2D eigenvalue weighted by Crippen LogP contribution is 2.43. The summed E-state index contributed by atoms with van der Waals surface area (Å²) in [5.74, 6) is 0. The summed E-state index contributed by atoms with van der Waals surface area (Å²) in [5.41, 5.74) is 9.19. The molecular weight excluding hydrogens is 444 g/mol. The van der Waals surface area contributed by atoms with Crippen molar-refractivity contribution >= 4 is 39.3 Å². The van der Waals surface area contributed by atoms with Crippen LogP contribution in [0.4, 0.5) is 0 Å². The Kier molecular flexibility index (Phi) is 6.83. The Morgan fingerprint density at radius 3 is 1.78 bits per heavy atom. The molecule has 0 atom stereocenters. The molecule has 0 N–H and O–H groups in total. The van der Waals surface area contributed by atoms with Crippen LogP contribution >= 0.6 is 0 Å². The molecule has 0 nitrogen and oxygen atoms in total. The van der Waals surface area contributed by atoms with Crippen molar-refractivity contribution in [2.45, 2.75) is 6.92 Å². The van der Waals surface area contributed by atoms with Crippen molar-refractivity contribution < 1.29 is 0 Å². The van der Waals surface area contributed by atoms with Gasteiger partial charge in [0.25, 0.3) is 0 Å². The van der Waals surface area contributed by atoms with Crippen LogP contribution < -0.4 is 0 Å². The van der Waals surface area contributed by atoms with Crippen molar-refractivity contribution in [3.05, 3.63) is 152 Å². The van der Waals surface area contributed by atoms with E-state index in [4.69, 9.17) is 0 Å². The molecule has 0 heteroatoms. The van der Waals surface area contributed by atoms with Gasteiger partial charge in [0.15, 0.2) is 0 Å². The molecule has 0 aromatic heterocycles. The lowest BCUT2D eigenvalue weighted by Crippen LogP contribution is -1.96. The van der Waals surface area contributed by atoms with Gasteiger partial charge in [-0.15, -0.1) is 0 Å². The fraction of sp³-hybridized carbons (Fsp3) is 0.0270. The minimum absolute atomic E-state index is 1.10. The molecule has 5 aromatic rings. The predicted octanol–water partition coefficient (Wildman–Crippen LogP) is 10.8. The SMILES string of the molecule is C=C/C=C(\C=C/C)c1ccc(-c2c(C=C)c(C=C)c(-c3ccc4ccccc4c3)c3ccccc23)cc1. The number of fused-ring (bicyclic) bond motifs is 2. The average molecular weight is 475 g/mol. The van der Waals surface area contributed by atoms with Crippen molar-refractivity contribution in [3.8, 4) is 22.3 Å². The standard InChI is InChI=1S/C37H30/c1-5-13-26(14-6-2)28-19-22-29(23-20-28)36-32(7-3)33(8-4)37(35-18-12-11-17-34(35)36)31-24-21-27-15-9-10-16-30(27)25-31/h5-25H,1,3-4H2,2H3/b14-6-,26-13+. The maximum Gasteiger partial charge on any atom is -0.00264 e. The Bertz CT molecular complexity index is 1710. The van der Waals surface area contributed by atoms with E-state index in [0.29, 0.717) is 0 Å². The number of hydrogen-bond donors (Lipinski definition) is 0. The lowest BCUT2D eigenvalue weighted by atomic mass is 9.83. The first-order valence-corrected chi connectivity index (χ1v) is 12.6. The first-order valence-electron chi connectivity index (χ1n) is 12.6. The average Bonchev–Trinajstić information content (AvgIpc) is 2.95. The Morgan fingerprint density at radius 2 is 1.19 bits per heavy atom. The highest BCUT2D eigenvalue weighted by Gasteiger charge is 2.19. The fourth-order valence-corrected chi connectivity index (χ4v) is 5.25. The summed E-state index contributed by atoms with van der Waals surface area (Å²) in [4.78, 5) is 0. The molecule has 0 heterocycles. The monoisotopic (exact) mass is 474 g/mol. The molecule has 5 aromatic carbocycles.